The Morgan fingerprint density at radius 2 is 2.00 bits per heavy atom. The standard InChI is InChI=1S/C21H31BN5O9P/c1-4-6-14(29)26-19-16-20(24-9-23-19)27(10-25-16)21-18(35-15(30)7-5-2)17-13(34-21)8-32-37(22,36-17)33-11-31-12(3)28/h9-10,13,17-18,21,37H,4-8,11,22H2,1-3H3,(H,23,24,26,29)/t13-,17+,18?,21-/m1/s1. The Balaban J connectivity index is 1.61. The Labute approximate surface area is 214 Å². The van der Waals surface area contributed by atoms with E-state index in [1.165, 1.54) is 19.6 Å². The van der Waals surface area contributed by atoms with E-state index in [-0.39, 0.29) is 31.5 Å². The van der Waals surface area contributed by atoms with E-state index in [2.05, 4.69) is 20.3 Å². The molecule has 4 rings (SSSR count). The van der Waals surface area contributed by atoms with Crippen molar-refractivity contribution in [2.75, 3.05) is 18.7 Å². The molecule has 1 amide bonds. The number of rotatable bonds is 10. The molecule has 4 heterocycles. The molecule has 37 heavy (non-hydrogen) atoms. The number of esters is 2. The van der Waals surface area contributed by atoms with Crippen molar-refractivity contribution >= 4 is 50.2 Å². The van der Waals surface area contributed by atoms with Crippen molar-refractivity contribution < 1.29 is 42.2 Å². The summed E-state index contributed by atoms with van der Waals surface area (Å²) in [7, 11) is -1.59. The number of fused-ring (bicyclic) bond motifs is 2. The number of carbonyl (C=O) groups excluding carboxylic acids is 3. The van der Waals surface area contributed by atoms with Crippen molar-refractivity contribution in [3.8, 4) is 0 Å². The molecule has 16 heteroatoms. The summed E-state index contributed by atoms with van der Waals surface area (Å²) in [6.07, 6.45) is 1.65. The fourth-order valence-corrected chi connectivity index (χ4v) is 5.85. The van der Waals surface area contributed by atoms with Gasteiger partial charge in [0.25, 0.3) is 0 Å². The first-order chi connectivity index (χ1) is 17.7. The molecule has 0 bridgehead atoms. The van der Waals surface area contributed by atoms with E-state index >= 15 is 0 Å². The summed E-state index contributed by atoms with van der Waals surface area (Å²) in [4.78, 5) is 48.7. The fraction of sp³-hybridized carbons (Fsp3) is 0.619. The third kappa shape index (κ3) is 6.24. The number of nitrogens with one attached hydrogen (secondary N) is 1. The van der Waals surface area contributed by atoms with Crippen LogP contribution >= 0.6 is 7.82 Å². The van der Waals surface area contributed by atoms with E-state index in [9.17, 15) is 14.4 Å². The molecule has 0 saturated carbocycles. The van der Waals surface area contributed by atoms with Crippen LogP contribution in [-0.4, -0.2) is 76.6 Å². The Kier molecular flexibility index (Phi) is 8.70. The number of nitrogens with zero attached hydrogens (tertiary/aromatic N) is 4. The molecule has 2 fully saturated rings. The normalized spacial score (nSPS) is 25.3. The molecular formula is C21H31BN5O9P. The van der Waals surface area contributed by atoms with E-state index < -0.39 is 44.3 Å². The molecule has 2 aliphatic rings. The maximum absolute atomic E-state index is 12.6. The van der Waals surface area contributed by atoms with Gasteiger partial charge in [0.05, 0.1) is 0 Å². The molecule has 0 spiro atoms. The second-order valence-electron chi connectivity index (χ2n) is 8.77. The van der Waals surface area contributed by atoms with Gasteiger partial charge in [-0.1, -0.05) is 6.92 Å². The SMILES string of the molecule is B[PH]1(OCOC(C)=O)OC[C@H]2O[C@@H](n3cnc4c(NC(=O)CCC)ncnc43)C(OC(=O)CCC)[C@H]2O1. The number of amides is 1. The van der Waals surface area contributed by atoms with Gasteiger partial charge < -0.3 is 0 Å². The van der Waals surface area contributed by atoms with Crippen molar-refractivity contribution in [3.05, 3.63) is 12.7 Å². The van der Waals surface area contributed by atoms with Crippen molar-refractivity contribution in [2.24, 2.45) is 0 Å². The summed E-state index contributed by atoms with van der Waals surface area (Å²) in [5, 5.41) is 2.75. The van der Waals surface area contributed by atoms with Crippen LogP contribution in [0.25, 0.3) is 11.2 Å². The first-order valence-electron chi connectivity index (χ1n) is 12.2. The summed E-state index contributed by atoms with van der Waals surface area (Å²) in [6.45, 7) is 4.84. The molecule has 0 aromatic carbocycles. The third-order valence-electron chi connectivity index (χ3n) is 5.82. The first-order valence-corrected chi connectivity index (χ1v) is 14.4. The predicted octanol–water partition coefficient (Wildman–Crippen LogP) is 1.17. The minimum atomic E-state index is -3.25. The number of hydrogen-bond acceptors (Lipinski definition) is 12. The van der Waals surface area contributed by atoms with Crippen molar-refractivity contribution in [1.82, 2.24) is 19.5 Å². The molecule has 0 radical (unpaired) electrons. The summed E-state index contributed by atoms with van der Waals surface area (Å²) >= 11 is 0. The Hall–Kier alpha value is -2.71. The van der Waals surface area contributed by atoms with Gasteiger partial charge in [-0.3, -0.25) is 0 Å². The van der Waals surface area contributed by atoms with Crippen LogP contribution in [0.2, 0.25) is 0 Å². The number of hydrogen-bond donors (Lipinski definition) is 1. The summed E-state index contributed by atoms with van der Waals surface area (Å²) in [6, 6.07) is 0. The number of imidazole rings is 1. The van der Waals surface area contributed by atoms with E-state index in [1.807, 2.05) is 13.8 Å². The van der Waals surface area contributed by atoms with Gasteiger partial charge in [-0.05, 0) is 0 Å². The van der Waals surface area contributed by atoms with Crippen LogP contribution in [0.3, 0.4) is 0 Å². The van der Waals surface area contributed by atoms with Crippen LogP contribution in [0.15, 0.2) is 12.7 Å². The monoisotopic (exact) mass is 539 g/mol. The second kappa shape index (κ2) is 11.8. The molecule has 2 aliphatic heterocycles. The quantitative estimate of drug-likeness (QED) is 0.199. The average Bonchev–Trinajstić information content (AvgIpc) is 3.41. The second-order valence-corrected chi connectivity index (χ2v) is 11.3. The number of ether oxygens (including phenoxy) is 3. The zero-order valence-electron chi connectivity index (χ0n) is 21.2. The fourth-order valence-electron chi connectivity index (χ4n) is 4.11. The molecular weight excluding hydrogens is 508 g/mol. The van der Waals surface area contributed by atoms with Gasteiger partial charge in [-0.25, -0.2) is 0 Å². The van der Waals surface area contributed by atoms with Crippen LogP contribution in [0.1, 0.15) is 52.7 Å². The molecule has 1 N–H and O–H groups in total. The third-order valence-corrected chi connectivity index (χ3v) is 7.85. The molecule has 2 aromatic heterocycles. The number of aromatic nitrogens is 4. The van der Waals surface area contributed by atoms with E-state index in [0.29, 0.717) is 30.4 Å². The Bertz CT molecular complexity index is 1150. The molecule has 1 unspecified atom stereocenters. The zero-order valence-corrected chi connectivity index (χ0v) is 22.2. The number of anilines is 1. The Morgan fingerprint density at radius 3 is 2.73 bits per heavy atom. The molecule has 0 aliphatic carbocycles. The van der Waals surface area contributed by atoms with Gasteiger partial charge in [0.2, 0.25) is 0 Å². The van der Waals surface area contributed by atoms with Crippen LogP contribution in [0, 0.1) is 0 Å². The zero-order chi connectivity index (χ0) is 26.6. The van der Waals surface area contributed by atoms with Crippen molar-refractivity contribution in [2.45, 2.75) is 71.0 Å². The van der Waals surface area contributed by atoms with Gasteiger partial charge in [0, 0.05) is 0 Å². The number of carbonyl (C=O) groups is 3. The summed E-state index contributed by atoms with van der Waals surface area (Å²) in [5.74, 6) is -0.820. The van der Waals surface area contributed by atoms with E-state index in [1.54, 1.807) is 12.1 Å². The predicted molar refractivity (Wildman–Crippen MR) is 133 cm³/mol. The molecule has 14 nitrogen and oxygen atoms in total. The van der Waals surface area contributed by atoms with Crippen LogP contribution in [0.4, 0.5) is 5.82 Å². The topological polar surface area (TPSA) is 162 Å². The maximum atomic E-state index is 12.6. The Morgan fingerprint density at radius 1 is 1.22 bits per heavy atom. The van der Waals surface area contributed by atoms with Crippen molar-refractivity contribution in [1.29, 1.82) is 0 Å². The van der Waals surface area contributed by atoms with E-state index in [0.717, 1.165) is 0 Å². The average molecular weight is 539 g/mol. The summed E-state index contributed by atoms with van der Waals surface area (Å²) in [5.41, 5.74) is 0.749. The summed E-state index contributed by atoms with van der Waals surface area (Å²) < 4.78 is 36.2. The van der Waals surface area contributed by atoms with Gasteiger partial charge in [0.1, 0.15) is 0 Å². The van der Waals surface area contributed by atoms with Crippen LogP contribution in [-0.2, 0) is 42.2 Å². The van der Waals surface area contributed by atoms with Gasteiger partial charge in [-0.15, -0.1) is 0 Å². The minimum absolute atomic E-state index is 0.117. The van der Waals surface area contributed by atoms with Gasteiger partial charge in [-0.2, -0.15) is 0 Å². The molecule has 2 saturated heterocycles. The van der Waals surface area contributed by atoms with Gasteiger partial charge in [0.15, 0.2) is 0 Å². The van der Waals surface area contributed by atoms with E-state index in [4.69, 9.17) is 27.8 Å². The molecule has 4 atom stereocenters. The van der Waals surface area contributed by atoms with Crippen LogP contribution in [0.5, 0.6) is 0 Å². The van der Waals surface area contributed by atoms with Crippen LogP contribution < -0.4 is 5.32 Å². The molecule has 2 aromatic rings. The first kappa shape index (κ1) is 27.3. The van der Waals surface area contributed by atoms with Crippen molar-refractivity contribution in [3.63, 3.8) is 0 Å². The van der Waals surface area contributed by atoms with Gasteiger partial charge >= 0.3 is 207 Å². The molecule has 202 valence electrons.